The average Bonchev–Trinajstić information content (AvgIpc) is 2.95. The van der Waals surface area contributed by atoms with Crippen LogP contribution in [-0.2, 0) is 31.2 Å². The summed E-state index contributed by atoms with van der Waals surface area (Å²) >= 11 is 0. The van der Waals surface area contributed by atoms with Crippen LogP contribution in [0.2, 0.25) is 0 Å². The molecular weight excluding hydrogens is 454 g/mol. The lowest BCUT2D eigenvalue weighted by Crippen LogP contribution is -2.77. The number of carbonyl (C=O) groups is 1. The van der Waals surface area contributed by atoms with E-state index in [4.69, 9.17) is 13.7 Å². The fraction of sp³-hybridized carbons (Fsp3) is 0.611. The number of nitrogens with zero attached hydrogens (tertiary/aromatic N) is 1. The largest absolute Gasteiger partial charge is 0.493 e. The smallest absolute Gasteiger partial charge is 0.397 e. The number of benzene rings is 1. The number of likely N-dealkylation sites (N-methyl/N-ethyl adjacent to an activating group) is 1. The number of methoxy groups -OCH3 is 1. The Bertz CT molecular complexity index is 969. The van der Waals surface area contributed by atoms with Crippen molar-refractivity contribution < 1.29 is 58.8 Å². The monoisotopic (exact) mass is 485 g/mol. The van der Waals surface area contributed by atoms with Gasteiger partial charge in [-0.2, -0.15) is 8.42 Å². The van der Waals surface area contributed by atoms with Crippen LogP contribution in [0.4, 0.5) is 0 Å². The second kappa shape index (κ2) is 9.17. The Morgan fingerprint density at radius 3 is 2.41 bits per heavy atom. The molecule has 186 valence electrons. The number of hydrogen-bond acceptors (Lipinski definition) is 7. The molecule has 0 unspecified atom stereocenters. The van der Waals surface area contributed by atoms with Crippen molar-refractivity contribution in [2.45, 2.75) is 48.8 Å². The van der Waals surface area contributed by atoms with E-state index < -0.39 is 27.5 Å². The summed E-state index contributed by atoms with van der Waals surface area (Å²) in [7, 11) is -1.28. The van der Waals surface area contributed by atoms with E-state index >= 15 is 0 Å². The molecule has 1 aromatic rings. The summed E-state index contributed by atoms with van der Waals surface area (Å²) in [5.41, 5.74) is -0.384. The highest BCUT2D eigenvalue weighted by molar-refractivity contribution is 7.80. The van der Waals surface area contributed by atoms with Gasteiger partial charge in [-0.05, 0) is 44.5 Å². The molecule has 4 atom stereocenters. The highest BCUT2D eigenvalue weighted by atomic mass is 32.3. The van der Waals surface area contributed by atoms with Crippen molar-refractivity contribution in [3.05, 3.63) is 23.3 Å². The lowest BCUT2D eigenvalue weighted by molar-refractivity contribution is -0.174. The van der Waals surface area contributed by atoms with Gasteiger partial charge >= 0.3 is 10.4 Å². The van der Waals surface area contributed by atoms with Crippen LogP contribution >= 0.6 is 0 Å². The molecule has 2 fully saturated rings. The Kier molecular flexibility index (Phi) is 8.63. The summed E-state index contributed by atoms with van der Waals surface area (Å²) in [6.07, 6.45) is 0.562. The number of piperidine rings is 1. The van der Waals surface area contributed by atoms with Crippen LogP contribution in [0.3, 0.4) is 0 Å². The standard InChI is InChI=1S/C18H21NO7S.5H2O/c1-19-8-7-17-14-10-3-4-12(24-2)15(14)25-16(17)11(20)5-6-18(17,13(19)9-10)26-27(21,22)23;;;;;/h3-4,13,16H,5-9H2,1-2H3,(H,21,22,23);5*1H2/t13-,16+,17+,18-;;;;;/m1...../s1. The van der Waals surface area contributed by atoms with E-state index in [1.165, 1.54) is 7.11 Å². The first-order chi connectivity index (χ1) is 12.7. The summed E-state index contributed by atoms with van der Waals surface area (Å²) in [6, 6.07) is 3.48. The predicted molar refractivity (Wildman–Crippen MR) is 112 cm³/mol. The van der Waals surface area contributed by atoms with E-state index in [-0.39, 0.29) is 52.0 Å². The van der Waals surface area contributed by atoms with Crippen molar-refractivity contribution >= 4 is 16.2 Å². The van der Waals surface area contributed by atoms with E-state index in [1.54, 1.807) is 0 Å². The molecule has 2 bridgehead atoms. The molecule has 4 aliphatic rings. The SMILES string of the molecule is COc1ccc2c3c1O[C@H]1C(=O)CC[C@@]4(OS(=O)(=O)O)[C@@H](C2)N(C)CC[C@]314.O.O.O.O.O. The van der Waals surface area contributed by atoms with Gasteiger partial charge in [-0.15, -0.1) is 0 Å². The number of ether oxygens (including phenoxy) is 2. The van der Waals surface area contributed by atoms with Crippen LogP contribution < -0.4 is 9.47 Å². The maximum absolute atomic E-state index is 12.9. The Labute approximate surface area is 184 Å². The van der Waals surface area contributed by atoms with Gasteiger partial charge in [-0.1, -0.05) is 6.07 Å². The molecule has 2 aliphatic heterocycles. The molecule has 0 radical (unpaired) electrons. The quantitative estimate of drug-likeness (QED) is 0.424. The third kappa shape index (κ3) is 3.39. The average molecular weight is 486 g/mol. The minimum Gasteiger partial charge on any atom is -0.493 e. The summed E-state index contributed by atoms with van der Waals surface area (Å²) in [4.78, 5) is 14.9. The molecule has 5 rings (SSSR count). The van der Waals surface area contributed by atoms with Gasteiger partial charge in [-0.25, -0.2) is 4.18 Å². The van der Waals surface area contributed by atoms with Crippen LogP contribution in [0.5, 0.6) is 11.5 Å². The second-order valence-electron chi connectivity index (χ2n) is 7.92. The maximum atomic E-state index is 12.9. The molecule has 0 amide bonds. The first-order valence-electron chi connectivity index (χ1n) is 9.01. The molecule has 11 N–H and O–H groups in total. The molecule has 13 nitrogen and oxygen atoms in total. The van der Waals surface area contributed by atoms with Crippen molar-refractivity contribution in [3.63, 3.8) is 0 Å². The summed E-state index contributed by atoms with van der Waals surface area (Å²) in [6.45, 7) is 0.671. The Morgan fingerprint density at radius 1 is 1.16 bits per heavy atom. The van der Waals surface area contributed by atoms with Gasteiger partial charge in [0.1, 0.15) is 5.60 Å². The van der Waals surface area contributed by atoms with Gasteiger partial charge in [0, 0.05) is 18.0 Å². The summed E-state index contributed by atoms with van der Waals surface area (Å²) < 4.78 is 50.5. The van der Waals surface area contributed by atoms with Crippen LogP contribution in [0.15, 0.2) is 12.1 Å². The molecule has 32 heavy (non-hydrogen) atoms. The van der Waals surface area contributed by atoms with E-state index in [2.05, 4.69) is 4.90 Å². The zero-order valence-electron chi connectivity index (χ0n) is 17.6. The first-order valence-corrected chi connectivity index (χ1v) is 10.4. The fourth-order valence-electron chi connectivity index (χ4n) is 6.01. The number of carbonyl (C=O) groups excluding carboxylic acids is 1. The van der Waals surface area contributed by atoms with Gasteiger partial charge in [0.05, 0.1) is 12.5 Å². The number of likely N-dealkylation sites (tertiary alicyclic amines) is 1. The molecule has 0 aromatic heterocycles. The van der Waals surface area contributed by atoms with Gasteiger partial charge in [0.2, 0.25) is 0 Å². The molecule has 1 spiro atoms. The predicted octanol–water partition coefficient (Wildman–Crippen LogP) is -3.25. The topological polar surface area (TPSA) is 260 Å². The van der Waals surface area contributed by atoms with Crippen molar-refractivity contribution in [1.82, 2.24) is 4.90 Å². The number of rotatable bonds is 3. The van der Waals surface area contributed by atoms with Crippen LogP contribution in [0, 0.1) is 0 Å². The van der Waals surface area contributed by atoms with Crippen molar-refractivity contribution in [1.29, 1.82) is 0 Å². The molecule has 1 saturated heterocycles. The Balaban J connectivity index is 0.00000192. The second-order valence-corrected chi connectivity index (χ2v) is 8.94. The highest BCUT2D eigenvalue weighted by Crippen LogP contribution is 2.66. The molecule has 2 aliphatic carbocycles. The zero-order chi connectivity index (χ0) is 19.2. The Morgan fingerprint density at radius 2 is 1.81 bits per heavy atom. The first kappa shape index (κ1) is 30.1. The highest BCUT2D eigenvalue weighted by Gasteiger charge is 2.75. The van der Waals surface area contributed by atoms with E-state index in [1.807, 2.05) is 19.2 Å². The van der Waals surface area contributed by atoms with Crippen molar-refractivity contribution in [3.8, 4) is 11.5 Å². The van der Waals surface area contributed by atoms with Gasteiger partial charge in [-0.3, -0.25) is 9.35 Å². The zero-order valence-corrected chi connectivity index (χ0v) is 18.4. The fourth-order valence-corrected chi connectivity index (χ4v) is 6.73. The van der Waals surface area contributed by atoms with E-state index in [9.17, 15) is 17.8 Å². The van der Waals surface area contributed by atoms with E-state index in [0.29, 0.717) is 30.9 Å². The van der Waals surface area contributed by atoms with Gasteiger partial charge < -0.3 is 41.8 Å². The van der Waals surface area contributed by atoms with Gasteiger partial charge in [0.25, 0.3) is 0 Å². The molecular formula is C18H31NO12S. The lowest BCUT2D eigenvalue weighted by Gasteiger charge is -2.62. The number of hydrogen-bond donors (Lipinski definition) is 1. The van der Waals surface area contributed by atoms with Gasteiger partial charge in [0.15, 0.2) is 23.4 Å². The normalized spacial score (nSPS) is 31.2. The third-order valence-electron chi connectivity index (χ3n) is 6.94. The van der Waals surface area contributed by atoms with Crippen molar-refractivity contribution in [2.24, 2.45) is 0 Å². The third-order valence-corrected chi connectivity index (χ3v) is 7.45. The number of ketones is 1. The molecule has 1 aromatic carbocycles. The van der Waals surface area contributed by atoms with Crippen molar-refractivity contribution in [2.75, 3.05) is 20.7 Å². The minimum absolute atomic E-state index is 0. The molecule has 1 saturated carbocycles. The Hall–Kier alpha value is -1.88. The summed E-state index contributed by atoms with van der Waals surface area (Å²) in [5, 5.41) is 0. The maximum Gasteiger partial charge on any atom is 0.397 e. The molecule has 14 heteroatoms. The van der Waals surface area contributed by atoms with Crippen LogP contribution in [0.1, 0.15) is 30.4 Å². The van der Waals surface area contributed by atoms with Crippen LogP contribution in [0.25, 0.3) is 0 Å². The molecule has 2 heterocycles. The lowest BCUT2D eigenvalue weighted by atomic mass is 9.49. The number of Topliss-reactive ketones (excluding diaryl/α,β-unsaturated/α-hetero) is 1. The van der Waals surface area contributed by atoms with E-state index in [0.717, 1.165) is 11.1 Å². The summed E-state index contributed by atoms with van der Waals surface area (Å²) in [5.74, 6) is 0.948. The van der Waals surface area contributed by atoms with Crippen LogP contribution in [-0.4, -0.2) is 89.5 Å². The minimum atomic E-state index is -4.73.